The van der Waals surface area contributed by atoms with E-state index in [4.69, 9.17) is 0 Å². The van der Waals surface area contributed by atoms with E-state index < -0.39 is 0 Å². The van der Waals surface area contributed by atoms with Gasteiger partial charge in [0.05, 0.1) is 0 Å². The molecule has 19 heavy (non-hydrogen) atoms. The molecule has 1 saturated carbocycles. The van der Waals surface area contributed by atoms with Crippen LogP contribution in [0.5, 0.6) is 0 Å². The van der Waals surface area contributed by atoms with Gasteiger partial charge in [0.1, 0.15) is 0 Å². The summed E-state index contributed by atoms with van der Waals surface area (Å²) < 4.78 is 0. The summed E-state index contributed by atoms with van der Waals surface area (Å²) in [7, 11) is 0. The van der Waals surface area contributed by atoms with Gasteiger partial charge in [0.2, 0.25) is 0 Å². The maximum atomic E-state index is 3.51. The number of benzene rings is 1. The second kappa shape index (κ2) is 5.85. The van der Waals surface area contributed by atoms with Crippen molar-refractivity contribution in [1.82, 2.24) is 0 Å². The van der Waals surface area contributed by atoms with Crippen molar-refractivity contribution in [2.24, 2.45) is 0 Å². The van der Waals surface area contributed by atoms with Crippen LogP contribution in [0.3, 0.4) is 0 Å². The van der Waals surface area contributed by atoms with E-state index in [0.717, 1.165) is 19.1 Å². The molecule has 0 aromatic heterocycles. The maximum Gasteiger partial charge on any atom is 0.0374 e. The van der Waals surface area contributed by atoms with Gasteiger partial charge >= 0.3 is 0 Å². The molecule has 0 radical (unpaired) electrons. The van der Waals surface area contributed by atoms with E-state index in [2.05, 4.69) is 35.3 Å². The average Bonchev–Trinajstić information content (AvgIpc) is 2.49. The summed E-state index contributed by atoms with van der Waals surface area (Å²) in [4.78, 5) is 2.63. The van der Waals surface area contributed by atoms with Crippen molar-refractivity contribution in [3.05, 3.63) is 23.8 Å². The summed E-state index contributed by atoms with van der Waals surface area (Å²) in [6.07, 6.45) is 9.51. The van der Waals surface area contributed by atoms with Crippen molar-refractivity contribution in [3.8, 4) is 0 Å². The number of hydrogen-bond acceptors (Lipinski definition) is 2. The lowest BCUT2D eigenvalue weighted by Gasteiger charge is -2.36. The minimum absolute atomic E-state index is 0.772. The quantitative estimate of drug-likeness (QED) is 0.874. The fourth-order valence-corrected chi connectivity index (χ4v) is 3.68. The lowest BCUT2D eigenvalue weighted by molar-refractivity contribution is 0.418. The van der Waals surface area contributed by atoms with Gasteiger partial charge in [0.15, 0.2) is 0 Å². The number of rotatable bonds is 3. The SMILES string of the molecule is CCN(c1ccc2c(c1)CCCN2)C1CCCCC1. The van der Waals surface area contributed by atoms with Gasteiger partial charge in [-0.15, -0.1) is 0 Å². The number of aryl methyl sites for hydroxylation is 1. The summed E-state index contributed by atoms with van der Waals surface area (Å²) >= 11 is 0. The third kappa shape index (κ3) is 2.72. The van der Waals surface area contributed by atoms with Crippen LogP contribution in [0, 0.1) is 0 Å². The van der Waals surface area contributed by atoms with Crippen LogP contribution >= 0.6 is 0 Å². The van der Waals surface area contributed by atoms with Crippen LogP contribution in [0.15, 0.2) is 18.2 Å². The van der Waals surface area contributed by atoms with E-state index in [9.17, 15) is 0 Å². The number of hydrogen-bond donors (Lipinski definition) is 1. The van der Waals surface area contributed by atoms with Crippen molar-refractivity contribution in [2.75, 3.05) is 23.3 Å². The molecule has 1 aromatic carbocycles. The molecule has 1 fully saturated rings. The predicted octanol–water partition coefficient (Wildman–Crippen LogP) is 4.20. The van der Waals surface area contributed by atoms with E-state index in [-0.39, 0.29) is 0 Å². The molecule has 0 bridgehead atoms. The summed E-state index contributed by atoms with van der Waals surface area (Å²) in [5.41, 5.74) is 4.31. The van der Waals surface area contributed by atoms with Gasteiger partial charge in [-0.3, -0.25) is 0 Å². The Morgan fingerprint density at radius 3 is 2.79 bits per heavy atom. The van der Waals surface area contributed by atoms with Crippen molar-refractivity contribution in [2.45, 2.75) is 57.9 Å². The van der Waals surface area contributed by atoms with Gasteiger partial charge < -0.3 is 10.2 Å². The highest BCUT2D eigenvalue weighted by molar-refractivity contribution is 5.62. The fraction of sp³-hybridized carbons (Fsp3) is 0.647. The Morgan fingerprint density at radius 1 is 1.16 bits per heavy atom. The highest BCUT2D eigenvalue weighted by atomic mass is 15.2. The first-order chi connectivity index (χ1) is 9.38. The molecule has 1 N–H and O–H groups in total. The minimum Gasteiger partial charge on any atom is -0.385 e. The van der Waals surface area contributed by atoms with Crippen molar-refractivity contribution >= 4 is 11.4 Å². The lowest BCUT2D eigenvalue weighted by atomic mass is 9.93. The largest absolute Gasteiger partial charge is 0.385 e. The van der Waals surface area contributed by atoms with Crippen LogP contribution in [0.1, 0.15) is 51.0 Å². The van der Waals surface area contributed by atoms with E-state index in [1.807, 2.05) is 0 Å². The Bertz CT molecular complexity index is 421. The third-order valence-electron chi connectivity index (χ3n) is 4.71. The Morgan fingerprint density at radius 2 is 2.00 bits per heavy atom. The van der Waals surface area contributed by atoms with Crippen LogP contribution in [-0.4, -0.2) is 19.1 Å². The molecule has 1 aromatic rings. The second-order valence-electron chi connectivity index (χ2n) is 5.95. The predicted molar refractivity (Wildman–Crippen MR) is 83.1 cm³/mol. The molecule has 0 atom stereocenters. The fourth-order valence-electron chi connectivity index (χ4n) is 3.68. The summed E-state index contributed by atoms with van der Waals surface area (Å²) in [6.45, 7) is 4.57. The topological polar surface area (TPSA) is 15.3 Å². The Hall–Kier alpha value is -1.18. The Balaban J connectivity index is 1.82. The van der Waals surface area contributed by atoms with Crippen LogP contribution < -0.4 is 10.2 Å². The third-order valence-corrected chi connectivity index (χ3v) is 4.71. The molecule has 1 heterocycles. The summed E-state index contributed by atoms with van der Waals surface area (Å²) in [5.74, 6) is 0. The van der Waals surface area contributed by atoms with E-state index in [1.54, 1.807) is 0 Å². The standard InChI is InChI=1S/C17H26N2/c1-2-19(15-8-4-3-5-9-15)16-10-11-17-14(13-16)7-6-12-18-17/h10-11,13,15,18H,2-9,12H2,1H3. The molecule has 104 valence electrons. The normalized spacial score (nSPS) is 19.6. The minimum atomic E-state index is 0.772. The van der Waals surface area contributed by atoms with Crippen molar-refractivity contribution in [3.63, 3.8) is 0 Å². The van der Waals surface area contributed by atoms with Gasteiger partial charge in [-0.25, -0.2) is 0 Å². The highest BCUT2D eigenvalue weighted by Crippen LogP contribution is 2.31. The maximum absolute atomic E-state index is 3.51. The number of anilines is 2. The first-order valence-corrected chi connectivity index (χ1v) is 8.02. The zero-order valence-electron chi connectivity index (χ0n) is 12.1. The van der Waals surface area contributed by atoms with E-state index >= 15 is 0 Å². The first-order valence-electron chi connectivity index (χ1n) is 8.02. The number of nitrogens with zero attached hydrogens (tertiary/aromatic N) is 1. The second-order valence-corrected chi connectivity index (χ2v) is 5.95. The molecule has 3 rings (SSSR count). The zero-order chi connectivity index (χ0) is 13.1. The van der Waals surface area contributed by atoms with Gasteiger partial charge in [-0.05, 0) is 56.4 Å². The molecule has 1 aliphatic heterocycles. The Labute approximate surface area is 117 Å². The molecule has 0 unspecified atom stereocenters. The number of fused-ring (bicyclic) bond motifs is 1. The molecule has 2 nitrogen and oxygen atoms in total. The van der Waals surface area contributed by atoms with Crippen LogP contribution in [0.4, 0.5) is 11.4 Å². The van der Waals surface area contributed by atoms with Gasteiger partial charge in [-0.1, -0.05) is 19.3 Å². The van der Waals surface area contributed by atoms with Crippen molar-refractivity contribution < 1.29 is 0 Å². The molecule has 0 spiro atoms. The smallest absolute Gasteiger partial charge is 0.0374 e. The van der Waals surface area contributed by atoms with Gasteiger partial charge in [0.25, 0.3) is 0 Å². The van der Waals surface area contributed by atoms with Crippen molar-refractivity contribution in [1.29, 1.82) is 0 Å². The summed E-state index contributed by atoms with van der Waals surface area (Å²) in [5, 5.41) is 3.51. The molecule has 0 saturated heterocycles. The van der Waals surface area contributed by atoms with Gasteiger partial charge in [-0.2, -0.15) is 0 Å². The van der Waals surface area contributed by atoms with Crippen LogP contribution in [-0.2, 0) is 6.42 Å². The Kier molecular flexibility index (Phi) is 3.95. The highest BCUT2D eigenvalue weighted by Gasteiger charge is 2.21. The van der Waals surface area contributed by atoms with Gasteiger partial charge in [0, 0.05) is 30.5 Å². The van der Waals surface area contributed by atoms with Crippen LogP contribution in [0.2, 0.25) is 0 Å². The molecule has 2 aliphatic rings. The zero-order valence-corrected chi connectivity index (χ0v) is 12.1. The van der Waals surface area contributed by atoms with E-state index in [0.29, 0.717) is 0 Å². The molecule has 1 aliphatic carbocycles. The van der Waals surface area contributed by atoms with E-state index in [1.165, 1.54) is 61.9 Å². The number of nitrogens with one attached hydrogen (secondary N) is 1. The first kappa shape index (κ1) is 12.8. The molecular weight excluding hydrogens is 232 g/mol. The monoisotopic (exact) mass is 258 g/mol. The summed E-state index contributed by atoms with van der Waals surface area (Å²) in [6, 6.07) is 7.80. The molecular formula is C17H26N2. The molecule has 0 amide bonds. The van der Waals surface area contributed by atoms with Crippen LogP contribution in [0.25, 0.3) is 0 Å². The average molecular weight is 258 g/mol. The molecule has 2 heteroatoms. The lowest BCUT2D eigenvalue weighted by Crippen LogP contribution is -2.36.